The summed E-state index contributed by atoms with van der Waals surface area (Å²) < 4.78 is 0. The van der Waals surface area contributed by atoms with Crippen LogP contribution in [0, 0.1) is 10.8 Å². The Morgan fingerprint density at radius 3 is 2.25 bits per heavy atom. The summed E-state index contributed by atoms with van der Waals surface area (Å²) in [5, 5.41) is 21.9. The Kier molecular flexibility index (Phi) is 6.89. The standard InChI is InChI=1S/C22H29N3O3/c1-21(2)11-12-22(3,4)15-24-19(13-23-14-21)18(25-28)10-7-16-5-8-17(9-6-16)20(26)27/h5-10,13,28H,11-12,14-15H2,1-4H3,(H,26,27)/b10-7+,23-13?,24-19?,25-18-. The molecule has 0 atom stereocenters. The topological polar surface area (TPSA) is 94.6 Å². The number of aliphatic imine (C=N–C) groups is 2. The smallest absolute Gasteiger partial charge is 0.335 e. The van der Waals surface area contributed by atoms with Crippen LogP contribution >= 0.6 is 0 Å². The average Bonchev–Trinajstić information content (AvgIpc) is 2.64. The number of carboxylic acids is 1. The van der Waals surface area contributed by atoms with Crippen LogP contribution in [-0.4, -0.2) is 47.0 Å². The molecule has 1 heterocycles. The summed E-state index contributed by atoms with van der Waals surface area (Å²) in [6.45, 7) is 10.1. The molecule has 0 saturated heterocycles. The maximum Gasteiger partial charge on any atom is 0.335 e. The maximum atomic E-state index is 10.9. The summed E-state index contributed by atoms with van der Waals surface area (Å²) in [5.74, 6) is -0.967. The molecule has 1 aromatic rings. The van der Waals surface area contributed by atoms with Gasteiger partial charge < -0.3 is 10.3 Å². The fraction of sp³-hybridized carbons (Fsp3) is 0.455. The molecule has 1 aromatic carbocycles. The Morgan fingerprint density at radius 2 is 1.68 bits per heavy atom. The molecule has 0 spiro atoms. The predicted molar refractivity (Wildman–Crippen MR) is 114 cm³/mol. The number of oxime groups is 1. The molecular weight excluding hydrogens is 354 g/mol. The lowest BCUT2D eigenvalue weighted by molar-refractivity contribution is 0.0697. The Labute approximate surface area is 166 Å². The number of aromatic carboxylic acids is 1. The van der Waals surface area contributed by atoms with E-state index in [9.17, 15) is 10.0 Å². The third-order valence-corrected chi connectivity index (χ3v) is 4.85. The van der Waals surface area contributed by atoms with Gasteiger partial charge in [-0.05, 0) is 47.4 Å². The molecular formula is C22H29N3O3. The number of carbonyl (C=O) groups is 1. The molecule has 0 bridgehead atoms. The summed E-state index contributed by atoms with van der Waals surface area (Å²) in [6.07, 6.45) is 7.21. The van der Waals surface area contributed by atoms with Gasteiger partial charge >= 0.3 is 5.97 Å². The van der Waals surface area contributed by atoms with Crippen LogP contribution < -0.4 is 0 Å². The molecule has 0 radical (unpaired) electrons. The van der Waals surface area contributed by atoms with Gasteiger partial charge in [-0.25, -0.2) is 4.79 Å². The van der Waals surface area contributed by atoms with Crippen molar-refractivity contribution in [2.75, 3.05) is 13.1 Å². The van der Waals surface area contributed by atoms with Crippen molar-refractivity contribution in [2.45, 2.75) is 40.5 Å². The Hall–Kier alpha value is -2.76. The van der Waals surface area contributed by atoms with Gasteiger partial charge in [-0.3, -0.25) is 9.98 Å². The molecule has 1 aliphatic heterocycles. The Morgan fingerprint density at radius 1 is 1.07 bits per heavy atom. The van der Waals surface area contributed by atoms with Gasteiger partial charge in [0.2, 0.25) is 0 Å². The van der Waals surface area contributed by atoms with E-state index < -0.39 is 5.97 Å². The fourth-order valence-corrected chi connectivity index (χ4v) is 2.78. The molecule has 0 aliphatic carbocycles. The highest BCUT2D eigenvalue weighted by atomic mass is 16.4. The molecule has 6 heteroatoms. The number of hydrogen-bond acceptors (Lipinski definition) is 5. The monoisotopic (exact) mass is 383 g/mol. The van der Waals surface area contributed by atoms with Crippen molar-refractivity contribution in [3.8, 4) is 0 Å². The van der Waals surface area contributed by atoms with Crippen molar-refractivity contribution in [1.29, 1.82) is 0 Å². The quantitative estimate of drug-likeness (QED) is 0.452. The van der Waals surface area contributed by atoms with E-state index in [0.29, 0.717) is 24.5 Å². The molecule has 2 rings (SSSR count). The lowest BCUT2D eigenvalue weighted by Gasteiger charge is -2.30. The van der Waals surface area contributed by atoms with Crippen LogP contribution in [0.15, 0.2) is 45.5 Å². The normalized spacial score (nSPS) is 20.0. The first-order valence-electron chi connectivity index (χ1n) is 9.40. The first-order chi connectivity index (χ1) is 13.1. The lowest BCUT2D eigenvalue weighted by Crippen LogP contribution is -2.26. The third kappa shape index (κ3) is 6.44. The number of carboxylic acid groups (broad SMARTS) is 1. The first kappa shape index (κ1) is 21.5. The second kappa shape index (κ2) is 8.95. The summed E-state index contributed by atoms with van der Waals surface area (Å²) in [6, 6.07) is 6.46. The van der Waals surface area contributed by atoms with Crippen LogP contribution in [0.2, 0.25) is 0 Å². The van der Waals surface area contributed by atoms with Gasteiger partial charge in [0, 0.05) is 19.3 Å². The maximum absolute atomic E-state index is 10.9. The summed E-state index contributed by atoms with van der Waals surface area (Å²) in [7, 11) is 0. The lowest BCUT2D eigenvalue weighted by atomic mass is 9.79. The van der Waals surface area contributed by atoms with Gasteiger partial charge in [0.15, 0.2) is 0 Å². The van der Waals surface area contributed by atoms with Crippen molar-refractivity contribution >= 4 is 29.7 Å². The van der Waals surface area contributed by atoms with Crippen molar-refractivity contribution in [3.05, 3.63) is 41.5 Å². The molecule has 0 saturated carbocycles. The highest BCUT2D eigenvalue weighted by Crippen LogP contribution is 2.31. The molecule has 2 N–H and O–H groups in total. The number of nitrogens with zero attached hydrogens (tertiary/aromatic N) is 3. The number of hydrogen-bond donors (Lipinski definition) is 2. The molecule has 1 aliphatic rings. The molecule has 0 amide bonds. The molecule has 150 valence electrons. The van der Waals surface area contributed by atoms with Gasteiger partial charge in [-0.15, -0.1) is 0 Å². The highest BCUT2D eigenvalue weighted by molar-refractivity contribution is 6.65. The van der Waals surface area contributed by atoms with E-state index in [-0.39, 0.29) is 16.4 Å². The summed E-state index contributed by atoms with van der Waals surface area (Å²) in [5.41, 5.74) is 2.03. The minimum Gasteiger partial charge on any atom is -0.478 e. The van der Waals surface area contributed by atoms with Crippen LogP contribution in [0.1, 0.15) is 56.5 Å². The van der Waals surface area contributed by atoms with Crippen LogP contribution in [0.4, 0.5) is 0 Å². The van der Waals surface area contributed by atoms with Crippen molar-refractivity contribution in [2.24, 2.45) is 26.0 Å². The van der Waals surface area contributed by atoms with E-state index in [0.717, 1.165) is 18.4 Å². The minimum atomic E-state index is -0.967. The molecule has 28 heavy (non-hydrogen) atoms. The summed E-state index contributed by atoms with van der Waals surface area (Å²) in [4.78, 5) is 20.1. The van der Waals surface area contributed by atoms with Gasteiger partial charge in [-0.1, -0.05) is 51.1 Å². The van der Waals surface area contributed by atoms with E-state index in [1.165, 1.54) is 12.1 Å². The van der Waals surface area contributed by atoms with Crippen molar-refractivity contribution in [3.63, 3.8) is 0 Å². The minimum absolute atomic E-state index is 0.0463. The zero-order valence-corrected chi connectivity index (χ0v) is 17.0. The molecule has 6 nitrogen and oxygen atoms in total. The highest BCUT2D eigenvalue weighted by Gasteiger charge is 2.25. The molecule has 0 unspecified atom stereocenters. The van der Waals surface area contributed by atoms with Crippen LogP contribution in [0.3, 0.4) is 0 Å². The van der Waals surface area contributed by atoms with Crippen molar-refractivity contribution < 1.29 is 15.1 Å². The van der Waals surface area contributed by atoms with Gasteiger partial charge in [0.25, 0.3) is 0 Å². The number of benzene rings is 1. The first-order valence-corrected chi connectivity index (χ1v) is 9.40. The SMILES string of the molecule is CC1(C)CCC(C)(C)CN=C(C(/C=C/c2ccc(C(=O)O)cc2)=N\O)C=NC1. The van der Waals surface area contributed by atoms with E-state index in [2.05, 4.69) is 42.8 Å². The Bertz CT molecular complexity index is 816. The van der Waals surface area contributed by atoms with E-state index in [1.807, 2.05) is 0 Å². The van der Waals surface area contributed by atoms with Gasteiger partial charge in [-0.2, -0.15) is 0 Å². The number of rotatable bonds is 4. The largest absolute Gasteiger partial charge is 0.478 e. The fourth-order valence-electron chi connectivity index (χ4n) is 2.78. The van der Waals surface area contributed by atoms with E-state index >= 15 is 0 Å². The molecule has 0 fully saturated rings. The van der Waals surface area contributed by atoms with E-state index in [4.69, 9.17) is 5.11 Å². The second-order valence-electron chi connectivity index (χ2n) is 8.75. The third-order valence-electron chi connectivity index (χ3n) is 4.85. The Balaban J connectivity index is 2.25. The summed E-state index contributed by atoms with van der Waals surface area (Å²) >= 11 is 0. The molecule has 0 aromatic heterocycles. The predicted octanol–water partition coefficient (Wildman–Crippen LogP) is 4.59. The zero-order chi connectivity index (χ0) is 20.8. The van der Waals surface area contributed by atoms with E-state index in [1.54, 1.807) is 30.5 Å². The van der Waals surface area contributed by atoms with Crippen LogP contribution in [0.25, 0.3) is 6.08 Å². The zero-order valence-electron chi connectivity index (χ0n) is 17.0. The van der Waals surface area contributed by atoms with Crippen molar-refractivity contribution in [1.82, 2.24) is 0 Å². The second-order valence-corrected chi connectivity index (χ2v) is 8.75. The van der Waals surface area contributed by atoms with Crippen LogP contribution in [0.5, 0.6) is 0 Å². The average molecular weight is 383 g/mol. The van der Waals surface area contributed by atoms with Crippen LogP contribution in [-0.2, 0) is 0 Å². The van der Waals surface area contributed by atoms with Gasteiger partial charge in [0.05, 0.1) is 5.56 Å². The van der Waals surface area contributed by atoms with Gasteiger partial charge in [0.1, 0.15) is 11.4 Å². The number of allylic oxidation sites excluding steroid dienone is 1.